The van der Waals surface area contributed by atoms with E-state index in [9.17, 15) is 13.0 Å². The molecule has 0 bridgehead atoms. The van der Waals surface area contributed by atoms with Crippen LogP contribution in [0.2, 0.25) is 6.04 Å². The van der Waals surface area contributed by atoms with E-state index >= 15 is 0 Å². The molecule has 0 saturated carbocycles. The van der Waals surface area contributed by atoms with Crippen LogP contribution in [0.3, 0.4) is 0 Å². The number of anilines is 1. The highest BCUT2D eigenvalue weighted by Gasteiger charge is 2.37. The van der Waals surface area contributed by atoms with Gasteiger partial charge in [-0.3, -0.25) is 4.55 Å². The van der Waals surface area contributed by atoms with Crippen molar-refractivity contribution in [1.29, 1.82) is 0 Å². The van der Waals surface area contributed by atoms with Crippen molar-refractivity contribution in [3.63, 3.8) is 0 Å². The zero-order chi connectivity index (χ0) is 31.2. The minimum absolute atomic E-state index is 0.144. The molecule has 2 aliphatic rings. The molecule has 2 aromatic rings. The zero-order valence-corrected chi connectivity index (χ0v) is 27.7. The van der Waals surface area contributed by atoms with Crippen molar-refractivity contribution in [2.24, 2.45) is 0 Å². The Balaban J connectivity index is 1.92. The fraction of sp³-hybridized carbons (Fsp3) is 0.406. The molecular formula is C32H43N2O7SSi+. The van der Waals surface area contributed by atoms with E-state index in [0.717, 1.165) is 60.9 Å². The van der Waals surface area contributed by atoms with Crippen molar-refractivity contribution in [3.8, 4) is 22.5 Å². The maximum Gasteiger partial charge on any atom is 0.500 e. The van der Waals surface area contributed by atoms with E-state index in [0.29, 0.717) is 28.5 Å². The molecule has 0 saturated heterocycles. The van der Waals surface area contributed by atoms with Crippen LogP contribution in [-0.4, -0.2) is 69.8 Å². The lowest BCUT2D eigenvalue weighted by Crippen LogP contribution is -2.43. The molecule has 0 amide bonds. The molecule has 0 fully saturated rings. The maximum atomic E-state index is 12.5. The van der Waals surface area contributed by atoms with Crippen molar-refractivity contribution in [2.45, 2.75) is 44.0 Å². The van der Waals surface area contributed by atoms with E-state index in [1.54, 1.807) is 39.5 Å². The average molecular weight is 628 g/mol. The summed E-state index contributed by atoms with van der Waals surface area (Å²) in [5.74, 6) is 0.612. The third-order valence-corrected chi connectivity index (χ3v) is 11.6. The molecule has 11 heteroatoms. The zero-order valence-electron chi connectivity index (χ0n) is 25.9. The summed E-state index contributed by atoms with van der Waals surface area (Å²) in [6.45, 7) is 6.88. The van der Waals surface area contributed by atoms with Crippen LogP contribution in [0.5, 0.6) is 0 Å². The lowest BCUT2D eigenvalue weighted by atomic mass is 9.93. The van der Waals surface area contributed by atoms with Crippen LogP contribution in [0.25, 0.3) is 33.4 Å². The largest absolute Gasteiger partial charge is 0.500 e. The number of hydrogen-bond acceptors (Lipinski definition) is 7. The number of nitrogens with zero attached hydrogens (tertiary/aromatic N) is 2. The molecule has 232 valence electrons. The monoisotopic (exact) mass is 627 g/mol. The van der Waals surface area contributed by atoms with Gasteiger partial charge in [0.2, 0.25) is 5.36 Å². The van der Waals surface area contributed by atoms with Gasteiger partial charge in [0.1, 0.15) is 29.8 Å². The minimum atomic E-state index is -4.48. The van der Waals surface area contributed by atoms with Crippen LogP contribution in [-0.2, 0) is 23.4 Å². The fourth-order valence-corrected chi connectivity index (χ4v) is 8.02. The molecule has 0 radical (unpaired) electrons. The predicted molar refractivity (Wildman–Crippen MR) is 173 cm³/mol. The molecule has 0 unspecified atom stereocenters. The summed E-state index contributed by atoms with van der Waals surface area (Å²) in [5, 5.41) is 1.71. The molecule has 43 heavy (non-hydrogen) atoms. The van der Waals surface area contributed by atoms with Gasteiger partial charge in [-0.2, -0.15) is 8.42 Å². The van der Waals surface area contributed by atoms with Gasteiger partial charge < -0.3 is 22.6 Å². The summed E-state index contributed by atoms with van der Waals surface area (Å²) in [6, 6.07) is 19.2. The van der Waals surface area contributed by atoms with Gasteiger partial charge in [-0.05, 0) is 37.1 Å². The standard InChI is InChI=1S/C32H42N2O7SSi/c1-7-18-34(19-8-2)25-15-17-27-30(23-25)41-29-22-24(33(3)20-11-21-43(38-4,39-5)40-6)14-16-26(29)32(27)28-12-9-10-13-31(28)42(35,36)37/h9-10,12-17,22-23H,7-8,11,18-21H2,1-6H3/p+1. The van der Waals surface area contributed by atoms with Gasteiger partial charge in [0.25, 0.3) is 10.1 Å². The fourth-order valence-electron chi connectivity index (χ4n) is 5.62. The molecule has 0 spiro atoms. The maximum absolute atomic E-state index is 12.5. The van der Waals surface area contributed by atoms with E-state index < -0.39 is 18.9 Å². The summed E-state index contributed by atoms with van der Waals surface area (Å²) in [5.41, 5.74) is 3.54. The van der Waals surface area contributed by atoms with Gasteiger partial charge in [-0.15, -0.1) is 0 Å². The molecule has 1 aliphatic carbocycles. The SMILES string of the molecule is CCCN(CCC)c1ccc2c(-c3ccccc3S(=O)(=O)O)c3ccc(=[N+](C)CCC[Si](OC)(OC)OC)cc-3oc2c1. The number of rotatable bonds is 14. The Morgan fingerprint density at radius 1 is 0.907 bits per heavy atom. The molecule has 9 nitrogen and oxygen atoms in total. The lowest BCUT2D eigenvalue weighted by Gasteiger charge is -2.24. The van der Waals surface area contributed by atoms with Crippen LogP contribution in [0, 0.1) is 0 Å². The number of benzene rings is 3. The predicted octanol–water partition coefficient (Wildman–Crippen LogP) is 5.75. The van der Waals surface area contributed by atoms with Crippen LogP contribution in [0.4, 0.5) is 5.69 Å². The Morgan fingerprint density at radius 2 is 1.58 bits per heavy atom. The van der Waals surface area contributed by atoms with Gasteiger partial charge in [-0.25, -0.2) is 4.58 Å². The Kier molecular flexibility index (Phi) is 10.8. The first kappa shape index (κ1) is 32.8. The van der Waals surface area contributed by atoms with E-state index in [-0.39, 0.29) is 4.90 Å². The van der Waals surface area contributed by atoms with E-state index in [2.05, 4.69) is 29.4 Å². The van der Waals surface area contributed by atoms with Crippen molar-refractivity contribution < 1.29 is 30.7 Å². The Hall–Kier alpha value is -3.06. The topological polar surface area (TPSA) is 101 Å². The van der Waals surface area contributed by atoms with E-state index in [1.165, 1.54) is 6.07 Å². The highest BCUT2D eigenvalue weighted by Crippen LogP contribution is 2.42. The number of hydrogen-bond donors (Lipinski definition) is 1. The summed E-state index contributed by atoms with van der Waals surface area (Å²) in [7, 11) is -0.291. The second kappa shape index (κ2) is 14.1. The van der Waals surface area contributed by atoms with Crippen molar-refractivity contribution in [3.05, 3.63) is 66.0 Å². The Bertz CT molecular complexity index is 1690. The summed E-state index contributed by atoms with van der Waals surface area (Å²) >= 11 is 0. The molecule has 1 heterocycles. The second-order valence-electron chi connectivity index (χ2n) is 10.6. The molecule has 0 atom stereocenters. The van der Waals surface area contributed by atoms with Crippen LogP contribution in [0.15, 0.2) is 70.0 Å². The van der Waals surface area contributed by atoms with Crippen molar-refractivity contribution in [1.82, 2.24) is 4.58 Å². The quantitative estimate of drug-likeness (QED) is 0.0817. The molecule has 1 aliphatic heterocycles. The second-order valence-corrected chi connectivity index (χ2v) is 15.1. The molecule has 2 aromatic carbocycles. The average Bonchev–Trinajstić information content (AvgIpc) is 3.01. The molecule has 4 rings (SSSR count). The van der Waals surface area contributed by atoms with Gasteiger partial charge in [0, 0.05) is 86.8 Å². The van der Waals surface area contributed by atoms with E-state index in [1.807, 2.05) is 37.4 Å². The minimum Gasteiger partial charge on any atom is -0.456 e. The van der Waals surface area contributed by atoms with Gasteiger partial charge in [0.05, 0.1) is 6.07 Å². The van der Waals surface area contributed by atoms with Gasteiger partial charge >= 0.3 is 8.80 Å². The molecule has 0 aromatic heterocycles. The summed E-state index contributed by atoms with van der Waals surface area (Å²) < 4.78 is 60.4. The summed E-state index contributed by atoms with van der Waals surface area (Å²) in [4.78, 5) is 2.19. The van der Waals surface area contributed by atoms with Crippen LogP contribution >= 0.6 is 0 Å². The normalized spacial score (nSPS) is 13.1. The number of fused-ring (bicyclic) bond motifs is 2. The first-order chi connectivity index (χ1) is 20.6. The highest BCUT2D eigenvalue weighted by atomic mass is 32.2. The molecule has 1 N–H and O–H groups in total. The van der Waals surface area contributed by atoms with E-state index in [4.69, 9.17) is 17.7 Å². The third kappa shape index (κ3) is 7.19. The smallest absolute Gasteiger partial charge is 0.456 e. The summed E-state index contributed by atoms with van der Waals surface area (Å²) in [6.07, 6.45) is 2.82. The van der Waals surface area contributed by atoms with Gasteiger partial charge in [0.15, 0.2) is 0 Å². The van der Waals surface area contributed by atoms with Gasteiger partial charge in [-0.1, -0.05) is 32.0 Å². The Labute approximate surface area is 255 Å². The van der Waals surface area contributed by atoms with Crippen LogP contribution in [0.1, 0.15) is 33.1 Å². The Morgan fingerprint density at radius 3 is 2.21 bits per heavy atom. The highest BCUT2D eigenvalue weighted by molar-refractivity contribution is 7.86. The molecular weight excluding hydrogens is 585 g/mol. The van der Waals surface area contributed by atoms with Crippen molar-refractivity contribution >= 4 is 35.6 Å². The first-order valence-electron chi connectivity index (χ1n) is 14.6. The third-order valence-electron chi connectivity index (χ3n) is 7.83. The van der Waals surface area contributed by atoms with Crippen molar-refractivity contribution in [2.75, 3.05) is 52.9 Å². The van der Waals surface area contributed by atoms with Crippen LogP contribution < -0.4 is 14.8 Å². The lowest BCUT2D eigenvalue weighted by molar-refractivity contribution is 0.123. The first-order valence-corrected chi connectivity index (χ1v) is 18.0.